The molecule has 150 valence electrons. The van der Waals surface area contributed by atoms with Crippen LogP contribution in [0.3, 0.4) is 0 Å². The third-order valence-corrected chi connectivity index (χ3v) is 6.81. The van der Waals surface area contributed by atoms with Gasteiger partial charge >= 0.3 is 0 Å². The molecule has 3 aliphatic rings. The molecule has 1 aromatic rings. The number of rotatable bonds is 7. The molecule has 0 radical (unpaired) electrons. The molecule has 1 aliphatic carbocycles. The van der Waals surface area contributed by atoms with E-state index in [9.17, 15) is 5.11 Å². The van der Waals surface area contributed by atoms with E-state index in [-0.39, 0.29) is 0 Å². The average Bonchev–Trinajstić information content (AvgIpc) is 3.36. The molecule has 2 saturated heterocycles. The molecule has 1 saturated carbocycles. The molecule has 2 heterocycles. The number of ether oxygens (including phenoxy) is 1. The predicted molar refractivity (Wildman–Crippen MR) is 109 cm³/mol. The second-order valence-electron chi connectivity index (χ2n) is 8.92. The van der Waals surface area contributed by atoms with Gasteiger partial charge in [0.05, 0.1) is 6.10 Å². The van der Waals surface area contributed by atoms with Crippen LogP contribution in [0.25, 0.3) is 0 Å². The van der Waals surface area contributed by atoms with E-state index in [0.29, 0.717) is 11.9 Å². The van der Waals surface area contributed by atoms with Gasteiger partial charge < -0.3 is 14.7 Å². The van der Waals surface area contributed by atoms with Crippen molar-refractivity contribution in [1.82, 2.24) is 9.80 Å². The molecule has 2 aliphatic heterocycles. The molecule has 3 fully saturated rings. The van der Waals surface area contributed by atoms with E-state index in [1.54, 1.807) is 6.07 Å². The molecular weight excluding hydrogens is 336 g/mol. The van der Waals surface area contributed by atoms with Crippen LogP contribution in [0.4, 0.5) is 0 Å². The second kappa shape index (κ2) is 9.40. The molecule has 4 rings (SSSR count). The molecule has 0 amide bonds. The highest BCUT2D eigenvalue weighted by atomic mass is 16.5. The summed E-state index contributed by atoms with van der Waals surface area (Å²) in [6.07, 6.45) is 11.2. The number of nitrogens with zero attached hydrogens (tertiary/aromatic N) is 2. The summed E-state index contributed by atoms with van der Waals surface area (Å²) < 4.78 is 5.92. The lowest BCUT2D eigenvalue weighted by Crippen LogP contribution is -2.43. The van der Waals surface area contributed by atoms with Gasteiger partial charge in [0.15, 0.2) is 0 Å². The maximum atomic E-state index is 9.82. The SMILES string of the molecule is Oc1cccc(CN(CC2CCN(C3CCCC3)CC2)CC2CCCO2)c1. The van der Waals surface area contributed by atoms with Crippen LogP contribution in [0, 0.1) is 5.92 Å². The second-order valence-corrected chi connectivity index (χ2v) is 8.92. The van der Waals surface area contributed by atoms with Crippen molar-refractivity contribution in [3.05, 3.63) is 29.8 Å². The fourth-order valence-corrected chi connectivity index (χ4v) is 5.33. The Balaban J connectivity index is 1.32. The highest BCUT2D eigenvalue weighted by Gasteiger charge is 2.28. The van der Waals surface area contributed by atoms with Crippen molar-refractivity contribution in [2.45, 2.75) is 70.1 Å². The van der Waals surface area contributed by atoms with Crippen molar-refractivity contribution < 1.29 is 9.84 Å². The molecular formula is C23H36N2O2. The fourth-order valence-electron chi connectivity index (χ4n) is 5.33. The van der Waals surface area contributed by atoms with Crippen LogP contribution in [0.5, 0.6) is 5.75 Å². The third-order valence-electron chi connectivity index (χ3n) is 6.81. The largest absolute Gasteiger partial charge is 0.508 e. The van der Waals surface area contributed by atoms with E-state index < -0.39 is 0 Å². The molecule has 0 bridgehead atoms. The normalized spacial score (nSPS) is 25.6. The highest BCUT2D eigenvalue weighted by Crippen LogP contribution is 2.29. The molecule has 1 unspecified atom stereocenters. The van der Waals surface area contributed by atoms with Gasteiger partial charge in [-0.25, -0.2) is 0 Å². The first-order valence-electron chi connectivity index (χ1n) is 11.1. The molecule has 0 spiro atoms. The first kappa shape index (κ1) is 19.2. The number of phenols is 1. The van der Waals surface area contributed by atoms with Gasteiger partial charge in [0, 0.05) is 32.3 Å². The fraction of sp³-hybridized carbons (Fsp3) is 0.739. The van der Waals surface area contributed by atoms with E-state index in [0.717, 1.165) is 38.2 Å². The summed E-state index contributed by atoms with van der Waals surface area (Å²) in [5, 5.41) is 9.82. The number of hydrogen-bond donors (Lipinski definition) is 1. The molecule has 0 aromatic heterocycles. The third kappa shape index (κ3) is 5.46. The van der Waals surface area contributed by atoms with Crippen LogP contribution in [0.1, 0.15) is 56.9 Å². The Bertz CT molecular complexity index is 573. The Labute approximate surface area is 164 Å². The summed E-state index contributed by atoms with van der Waals surface area (Å²) >= 11 is 0. The van der Waals surface area contributed by atoms with Gasteiger partial charge in [-0.3, -0.25) is 4.90 Å². The number of piperidine rings is 1. The first-order valence-corrected chi connectivity index (χ1v) is 11.1. The summed E-state index contributed by atoms with van der Waals surface area (Å²) in [4.78, 5) is 5.35. The Morgan fingerprint density at radius 1 is 1.00 bits per heavy atom. The number of benzene rings is 1. The Kier molecular flexibility index (Phi) is 6.69. The smallest absolute Gasteiger partial charge is 0.115 e. The molecule has 1 atom stereocenters. The lowest BCUT2D eigenvalue weighted by atomic mass is 9.94. The van der Waals surface area contributed by atoms with Gasteiger partial charge in [-0.1, -0.05) is 25.0 Å². The number of hydrogen-bond acceptors (Lipinski definition) is 4. The Morgan fingerprint density at radius 2 is 1.81 bits per heavy atom. The lowest BCUT2D eigenvalue weighted by Gasteiger charge is -2.38. The topological polar surface area (TPSA) is 35.9 Å². The van der Waals surface area contributed by atoms with Gasteiger partial charge in [0.25, 0.3) is 0 Å². The number of likely N-dealkylation sites (tertiary alicyclic amines) is 1. The van der Waals surface area contributed by atoms with E-state index >= 15 is 0 Å². The van der Waals surface area contributed by atoms with Gasteiger partial charge in [-0.2, -0.15) is 0 Å². The maximum Gasteiger partial charge on any atom is 0.115 e. The van der Waals surface area contributed by atoms with Gasteiger partial charge in [0.1, 0.15) is 5.75 Å². The van der Waals surface area contributed by atoms with Gasteiger partial charge in [-0.15, -0.1) is 0 Å². The molecule has 1 aromatic carbocycles. The van der Waals surface area contributed by atoms with Gasteiger partial charge in [-0.05, 0) is 75.2 Å². The van der Waals surface area contributed by atoms with Crippen LogP contribution in [-0.2, 0) is 11.3 Å². The summed E-state index contributed by atoms with van der Waals surface area (Å²) in [6.45, 7) is 6.60. The zero-order valence-electron chi connectivity index (χ0n) is 16.7. The Hall–Kier alpha value is -1.10. The minimum Gasteiger partial charge on any atom is -0.508 e. The zero-order chi connectivity index (χ0) is 18.5. The minimum absolute atomic E-state index is 0.370. The van der Waals surface area contributed by atoms with Crippen molar-refractivity contribution in [2.24, 2.45) is 5.92 Å². The standard InChI is InChI=1S/C23H36N2O2/c26-22-8-3-5-20(15-22)17-24(18-23-9-4-14-27-23)16-19-10-12-25(13-11-19)21-6-1-2-7-21/h3,5,8,15,19,21,23,26H,1-2,4,6-7,9-14,16-18H2. The summed E-state index contributed by atoms with van der Waals surface area (Å²) in [5.74, 6) is 1.16. The summed E-state index contributed by atoms with van der Waals surface area (Å²) in [6, 6.07) is 8.62. The lowest BCUT2D eigenvalue weighted by molar-refractivity contribution is 0.0540. The maximum absolute atomic E-state index is 9.82. The van der Waals surface area contributed by atoms with Crippen molar-refractivity contribution in [2.75, 3.05) is 32.8 Å². The van der Waals surface area contributed by atoms with E-state index in [4.69, 9.17) is 4.74 Å². The van der Waals surface area contributed by atoms with Gasteiger partial charge in [0.2, 0.25) is 0 Å². The Morgan fingerprint density at radius 3 is 2.52 bits per heavy atom. The minimum atomic E-state index is 0.370. The quantitative estimate of drug-likeness (QED) is 0.784. The molecule has 4 nitrogen and oxygen atoms in total. The zero-order valence-corrected chi connectivity index (χ0v) is 16.7. The van der Waals surface area contributed by atoms with Crippen LogP contribution in [-0.4, -0.2) is 59.8 Å². The van der Waals surface area contributed by atoms with Crippen molar-refractivity contribution in [3.63, 3.8) is 0 Å². The van der Waals surface area contributed by atoms with Crippen molar-refractivity contribution in [3.8, 4) is 5.75 Å². The number of aromatic hydroxyl groups is 1. The highest BCUT2D eigenvalue weighted by molar-refractivity contribution is 5.27. The van der Waals surface area contributed by atoms with Crippen LogP contribution < -0.4 is 0 Å². The number of phenolic OH excluding ortho intramolecular Hbond substituents is 1. The van der Waals surface area contributed by atoms with Crippen molar-refractivity contribution >= 4 is 0 Å². The summed E-state index contributed by atoms with van der Waals surface area (Å²) in [7, 11) is 0. The molecule has 4 heteroatoms. The summed E-state index contributed by atoms with van der Waals surface area (Å²) in [5.41, 5.74) is 1.20. The molecule has 27 heavy (non-hydrogen) atoms. The van der Waals surface area contributed by atoms with Crippen LogP contribution in [0.2, 0.25) is 0 Å². The van der Waals surface area contributed by atoms with E-state index in [1.165, 1.54) is 70.0 Å². The first-order chi connectivity index (χ1) is 13.3. The monoisotopic (exact) mass is 372 g/mol. The van der Waals surface area contributed by atoms with Crippen molar-refractivity contribution in [1.29, 1.82) is 0 Å². The van der Waals surface area contributed by atoms with Crippen LogP contribution in [0.15, 0.2) is 24.3 Å². The average molecular weight is 373 g/mol. The van der Waals surface area contributed by atoms with E-state index in [1.807, 2.05) is 12.1 Å². The van der Waals surface area contributed by atoms with Crippen LogP contribution >= 0.6 is 0 Å². The van der Waals surface area contributed by atoms with E-state index in [2.05, 4.69) is 15.9 Å². The molecule has 1 N–H and O–H groups in total. The predicted octanol–water partition coefficient (Wildman–Crippen LogP) is 4.03.